The summed E-state index contributed by atoms with van der Waals surface area (Å²) in [6, 6.07) is 15.6. The summed E-state index contributed by atoms with van der Waals surface area (Å²) in [5, 5.41) is 0. The molecule has 7 heteroatoms. The lowest BCUT2D eigenvalue weighted by atomic mass is 10.1. The molecule has 2 rings (SSSR count). The first-order chi connectivity index (χ1) is 12.4. The molecule has 1 N–H and O–H groups in total. The fraction of sp³-hybridized carbons (Fsp3) is 0.316. The molecule has 140 valence electrons. The number of carbonyl (C=O) groups excluding carboxylic acids is 1. The van der Waals surface area contributed by atoms with Gasteiger partial charge in [-0.3, -0.25) is 4.79 Å². The molecule has 0 bridgehead atoms. The van der Waals surface area contributed by atoms with Crippen LogP contribution in [0.2, 0.25) is 0 Å². The second-order valence-corrected chi connectivity index (χ2v) is 7.68. The molecular weight excluding hydrogens is 352 g/mol. The maximum atomic E-state index is 12.7. The van der Waals surface area contributed by atoms with Gasteiger partial charge in [-0.05, 0) is 36.8 Å². The number of hydrogen-bond acceptors (Lipinski definition) is 4. The number of sulfonamides is 1. The van der Waals surface area contributed by atoms with Crippen molar-refractivity contribution in [3.63, 3.8) is 0 Å². The standard InChI is InChI=1S/C19H24N2O4S/c1-15(16-7-5-4-6-8-16)21(2)19(22)17-9-11-18(12-10-17)26(23,24)20-13-14-25-3/h4-12,15,20H,13-14H2,1-3H3. The molecule has 0 aromatic heterocycles. The lowest BCUT2D eigenvalue weighted by molar-refractivity contribution is 0.0742. The third-order valence-electron chi connectivity index (χ3n) is 4.19. The van der Waals surface area contributed by atoms with Gasteiger partial charge in [-0.15, -0.1) is 0 Å². The largest absolute Gasteiger partial charge is 0.383 e. The zero-order valence-corrected chi connectivity index (χ0v) is 16.0. The van der Waals surface area contributed by atoms with Crippen molar-refractivity contribution in [1.29, 1.82) is 0 Å². The van der Waals surface area contributed by atoms with E-state index < -0.39 is 10.0 Å². The van der Waals surface area contributed by atoms with Gasteiger partial charge >= 0.3 is 0 Å². The Hall–Kier alpha value is -2.22. The van der Waals surface area contributed by atoms with Gasteiger partial charge in [0.2, 0.25) is 10.0 Å². The highest BCUT2D eigenvalue weighted by Gasteiger charge is 2.20. The summed E-state index contributed by atoms with van der Waals surface area (Å²) in [6.07, 6.45) is 0. The molecule has 6 nitrogen and oxygen atoms in total. The van der Waals surface area contributed by atoms with Crippen LogP contribution in [-0.4, -0.2) is 46.5 Å². The third-order valence-corrected chi connectivity index (χ3v) is 5.67. The van der Waals surface area contributed by atoms with E-state index in [1.54, 1.807) is 11.9 Å². The van der Waals surface area contributed by atoms with E-state index in [0.717, 1.165) is 5.56 Å². The summed E-state index contributed by atoms with van der Waals surface area (Å²) in [5.41, 5.74) is 1.47. The molecule has 0 aliphatic carbocycles. The van der Waals surface area contributed by atoms with Crippen LogP contribution in [0, 0.1) is 0 Å². The number of rotatable bonds is 8. The highest BCUT2D eigenvalue weighted by Crippen LogP contribution is 2.21. The number of nitrogens with one attached hydrogen (secondary N) is 1. The average Bonchev–Trinajstić information content (AvgIpc) is 2.67. The predicted octanol–water partition coefficient (Wildman–Crippen LogP) is 2.44. The van der Waals surface area contributed by atoms with E-state index >= 15 is 0 Å². The molecule has 0 saturated heterocycles. The predicted molar refractivity (Wildman–Crippen MR) is 100 cm³/mol. The third kappa shape index (κ3) is 4.91. The number of carbonyl (C=O) groups is 1. The second kappa shape index (κ2) is 8.93. The molecule has 0 spiro atoms. The molecular formula is C19H24N2O4S. The first-order valence-electron chi connectivity index (χ1n) is 8.27. The number of ether oxygens (including phenoxy) is 1. The summed E-state index contributed by atoms with van der Waals surface area (Å²) in [7, 11) is -0.375. The number of methoxy groups -OCH3 is 1. The van der Waals surface area contributed by atoms with E-state index in [4.69, 9.17) is 4.74 Å². The molecule has 0 heterocycles. The summed E-state index contributed by atoms with van der Waals surface area (Å²) in [5.74, 6) is -0.169. The van der Waals surface area contributed by atoms with Gasteiger partial charge in [-0.25, -0.2) is 13.1 Å². The van der Waals surface area contributed by atoms with E-state index in [1.165, 1.54) is 31.4 Å². The average molecular weight is 376 g/mol. The topological polar surface area (TPSA) is 75.7 Å². The lowest BCUT2D eigenvalue weighted by Crippen LogP contribution is -2.30. The number of nitrogens with zero attached hydrogens (tertiary/aromatic N) is 1. The molecule has 0 saturated carbocycles. The molecule has 1 unspecified atom stereocenters. The molecule has 2 aromatic rings. The van der Waals surface area contributed by atoms with Gasteiger partial charge in [0.1, 0.15) is 0 Å². The Morgan fingerprint density at radius 2 is 1.73 bits per heavy atom. The van der Waals surface area contributed by atoms with Crippen LogP contribution in [0.5, 0.6) is 0 Å². The van der Waals surface area contributed by atoms with Crippen molar-refractivity contribution in [2.24, 2.45) is 0 Å². The zero-order valence-electron chi connectivity index (χ0n) is 15.2. The quantitative estimate of drug-likeness (QED) is 0.718. The van der Waals surface area contributed by atoms with Crippen molar-refractivity contribution < 1.29 is 17.9 Å². The highest BCUT2D eigenvalue weighted by atomic mass is 32.2. The van der Waals surface area contributed by atoms with E-state index in [9.17, 15) is 13.2 Å². The van der Waals surface area contributed by atoms with Gasteiger partial charge in [0.15, 0.2) is 0 Å². The molecule has 26 heavy (non-hydrogen) atoms. The van der Waals surface area contributed by atoms with Crippen molar-refractivity contribution in [3.8, 4) is 0 Å². The van der Waals surface area contributed by atoms with Gasteiger partial charge in [0.25, 0.3) is 5.91 Å². The minimum Gasteiger partial charge on any atom is -0.383 e. The Morgan fingerprint density at radius 1 is 1.12 bits per heavy atom. The van der Waals surface area contributed by atoms with Gasteiger partial charge in [-0.1, -0.05) is 30.3 Å². The monoisotopic (exact) mass is 376 g/mol. The number of benzene rings is 2. The minimum atomic E-state index is -3.61. The Bertz CT molecular complexity index is 820. The SMILES string of the molecule is COCCNS(=O)(=O)c1ccc(C(=O)N(C)C(C)c2ccccc2)cc1. The maximum Gasteiger partial charge on any atom is 0.254 e. The van der Waals surface area contributed by atoms with Crippen LogP contribution in [0.3, 0.4) is 0 Å². The normalized spacial score (nSPS) is 12.6. The van der Waals surface area contributed by atoms with Crippen LogP contribution in [0.4, 0.5) is 0 Å². The highest BCUT2D eigenvalue weighted by molar-refractivity contribution is 7.89. The maximum absolute atomic E-state index is 12.7. The van der Waals surface area contributed by atoms with Crippen LogP contribution in [0.15, 0.2) is 59.5 Å². The van der Waals surface area contributed by atoms with Crippen molar-refractivity contribution in [1.82, 2.24) is 9.62 Å². The number of amides is 1. The Labute approximate surface area is 154 Å². The molecule has 0 fully saturated rings. The summed E-state index contributed by atoms with van der Waals surface area (Å²) >= 11 is 0. The zero-order chi connectivity index (χ0) is 19.2. The van der Waals surface area contributed by atoms with E-state index in [-0.39, 0.29) is 30.0 Å². The van der Waals surface area contributed by atoms with Crippen LogP contribution in [0.25, 0.3) is 0 Å². The van der Waals surface area contributed by atoms with E-state index in [0.29, 0.717) is 5.56 Å². The Kier molecular flexibility index (Phi) is 6.90. The molecule has 0 aliphatic heterocycles. The van der Waals surface area contributed by atoms with Crippen molar-refractivity contribution in [2.75, 3.05) is 27.3 Å². The van der Waals surface area contributed by atoms with Gasteiger partial charge in [0.05, 0.1) is 17.5 Å². The van der Waals surface area contributed by atoms with Gasteiger partial charge in [-0.2, -0.15) is 0 Å². The summed E-state index contributed by atoms with van der Waals surface area (Å²) < 4.78 is 31.6. The molecule has 0 aliphatic rings. The van der Waals surface area contributed by atoms with Crippen LogP contribution in [0.1, 0.15) is 28.9 Å². The first kappa shape index (κ1) is 20.1. The molecule has 1 amide bonds. The Morgan fingerprint density at radius 3 is 2.31 bits per heavy atom. The van der Waals surface area contributed by atoms with E-state index in [2.05, 4.69) is 4.72 Å². The van der Waals surface area contributed by atoms with Gasteiger partial charge < -0.3 is 9.64 Å². The smallest absolute Gasteiger partial charge is 0.254 e. The fourth-order valence-electron chi connectivity index (χ4n) is 2.47. The second-order valence-electron chi connectivity index (χ2n) is 5.92. The summed E-state index contributed by atoms with van der Waals surface area (Å²) in [6.45, 7) is 2.43. The molecule has 2 aromatic carbocycles. The van der Waals surface area contributed by atoms with Crippen LogP contribution >= 0.6 is 0 Å². The fourth-order valence-corrected chi connectivity index (χ4v) is 3.49. The Balaban J connectivity index is 2.11. The van der Waals surface area contributed by atoms with Gasteiger partial charge in [0, 0.05) is 26.3 Å². The van der Waals surface area contributed by atoms with E-state index in [1.807, 2.05) is 37.3 Å². The minimum absolute atomic E-state index is 0.0946. The lowest BCUT2D eigenvalue weighted by Gasteiger charge is -2.25. The van der Waals surface area contributed by atoms with Crippen molar-refractivity contribution in [2.45, 2.75) is 17.9 Å². The van der Waals surface area contributed by atoms with Crippen molar-refractivity contribution >= 4 is 15.9 Å². The first-order valence-corrected chi connectivity index (χ1v) is 9.76. The molecule has 1 atom stereocenters. The van der Waals surface area contributed by atoms with Crippen molar-refractivity contribution in [3.05, 3.63) is 65.7 Å². The van der Waals surface area contributed by atoms with Crippen LogP contribution < -0.4 is 4.72 Å². The summed E-state index contributed by atoms with van der Waals surface area (Å²) in [4.78, 5) is 14.4. The molecule has 0 radical (unpaired) electrons. The number of hydrogen-bond donors (Lipinski definition) is 1. The van der Waals surface area contributed by atoms with Crippen LogP contribution in [-0.2, 0) is 14.8 Å².